The van der Waals surface area contributed by atoms with Gasteiger partial charge >= 0.3 is 6.09 Å². The Labute approximate surface area is 124 Å². The van der Waals surface area contributed by atoms with E-state index in [-0.39, 0.29) is 5.56 Å². The molecule has 2 aromatic rings. The number of fused-ring (bicyclic) bond motifs is 1. The molecule has 0 aromatic heterocycles. The Hall–Kier alpha value is -2.50. The number of nitrogens with two attached hydrogens (primary N) is 1. The molecule has 1 unspecified atom stereocenters. The summed E-state index contributed by atoms with van der Waals surface area (Å²) in [6.07, 6.45) is -0.0985. The maximum Gasteiger partial charge on any atom is 0.405 e. The molecule has 2 aromatic carbocycles. The van der Waals surface area contributed by atoms with E-state index in [1.54, 1.807) is 18.2 Å². The minimum atomic E-state index is -1.51. The maximum absolute atomic E-state index is 13.9. The van der Waals surface area contributed by atoms with E-state index >= 15 is 0 Å². The number of hydrogen-bond acceptors (Lipinski definition) is 2. The van der Waals surface area contributed by atoms with Gasteiger partial charge in [-0.1, -0.05) is 12.1 Å². The van der Waals surface area contributed by atoms with E-state index in [0.717, 1.165) is 11.6 Å². The SMILES string of the molecule is NC(=O)OC1CCc2ccc(-c3ccc(F)c(F)c3F)cc21. The summed E-state index contributed by atoms with van der Waals surface area (Å²) in [6, 6.07) is 7.05. The number of carbonyl (C=O) groups is 1. The Bertz CT molecular complexity index is 761. The van der Waals surface area contributed by atoms with Gasteiger partial charge in [0.15, 0.2) is 17.5 Å². The molecule has 114 valence electrons. The van der Waals surface area contributed by atoms with Gasteiger partial charge in [-0.05, 0) is 47.7 Å². The molecule has 2 N–H and O–H groups in total. The Morgan fingerprint density at radius 2 is 1.91 bits per heavy atom. The third-order valence-electron chi connectivity index (χ3n) is 3.77. The van der Waals surface area contributed by atoms with Gasteiger partial charge in [0.1, 0.15) is 6.10 Å². The third kappa shape index (κ3) is 2.41. The number of benzene rings is 2. The molecule has 0 bridgehead atoms. The summed E-state index contributed by atoms with van der Waals surface area (Å²) in [5, 5.41) is 0. The van der Waals surface area contributed by atoms with Crippen LogP contribution in [0, 0.1) is 17.5 Å². The Balaban J connectivity index is 2.04. The minimum absolute atomic E-state index is 0.0496. The number of aryl methyl sites for hydroxylation is 1. The fourth-order valence-electron chi connectivity index (χ4n) is 2.74. The highest BCUT2D eigenvalue weighted by Crippen LogP contribution is 2.37. The highest BCUT2D eigenvalue weighted by Gasteiger charge is 2.26. The number of primary amides is 1. The molecule has 0 radical (unpaired) electrons. The van der Waals surface area contributed by atoms with E-state index in [2.05, 4.69) is 0 Å². The molecule has 1 amide bonds. The minimum Gasteiger partial charge on any atom is -0.441 e. The van der Waals surface area contributed by atoms with E-state index in [0.29, 0.717) is 24.0 Å². The Morgan fingerprint density at radius 3 is 2.64 bits per heavy atom. The van der Waals surface area contributed by atoms with Crippen LogP contribution < -0.4 is 5.73 Å². The summed E-state index contributed by atoms with van der Waals surface area (Å²) >= 11 is 0. The molecule has 0 fully saturated rings. The van der Waals surface area contributed by atoms with Crippen molar-refractivity contribution in [2.75, 3.05) is 0 Å². The predicted molar refractivity (Wildman–Crippen MR) is 73.5 cm³/mol. The zero-order chi connectivity index (χ0) is 15.9. The van der Waals surface area contributed by atoms with E-state index in [1.165, 1.54) is 6.07 Å². The molecule has 1 atom stereocenters. The monoisotopic (exact) mass is 307 g/mol. The first kappa shape index (κ1) is 14.4. The lowest BCUT2D eigenvalue weighted by Crippen LogP contribution is -2.15. The van der Waals surface area contributed by atoms with E-state index in [1.807, 2.05) is 0 Å². The lowest BCUT2D eigenvalue weighted by molar-refractivity contribution is 0.107. The second kappa shape index (κ2) is 5.36. The van der Waals surface area contributed by atoms with Crippen molar-refractivity contribution in [1.29, 1.82) is 0 Å². The van der Waals surface area contributed by atoms with Crippen molar-refractivity contribution in [3.8, 4) is 11.1 Å². The van der Waals surface area contributed by atoms with Crippen LogP contribution in [0.5, 0.6) is 0 Å². The van der Waals surface area contributed by atoms with E-state index in [9.17, 15) is 18.0 Å². The van der Waals surface area contributed by atoms with Crippen LogP contribution in [-0.4, -0.2) is 6.09 Å². The van der Waals surface area contributed by atoms with Gasteiger partial charge in [0.2, 0.25) is 0 Å². The molecule has 0 saturated heterocycles. The van der Waals surface area contributed by atoms with E-state index < -0.39 is 29.6 Å². The van der Waals surface area contributed by atoms with Gasteiger partial charge in [-0.3, -0.25) is 0 Å². The van der Waals surface area contributed by atoms with Crippen LogP contribution in [0.3, 0.4) is 0 Å². The van der Waals surface area contributed by atoms with Gasteiger partial charge in [-0.25, -0.2) is 18.0 Å². The molecule has 0 aliphatic heterocycles. The molecular formula is C16H12F3NO2. The van der Waals surface area contributed by atoms with Crippen LogP contribution in [0.1, 0.15) is 23.7 Å². The van der Waals surface area contributed by atoms with E-state index in [4.69, 9.17) is 10.5 Å². The van der Waals surface area contributed by atoms with Gasteiger partial charge in [0, 0.05) is 5.56 Å². The smallest absolute Gasteiger partial charge is 0.405 e. The second-order valence-corrected chi connectivity index (χ2v) is 5.10. The molecule has 22 heavy (non-hydrogen) atoms. The number of ether oxygens (including phenoxy) is 1. The zero-order valence-electron chi connectivity index (χ0n) is 11.4. The number of amides is 1. The lowest BCUT2D eigenvalue weighted by atomic mass is 9.99. The highest BCUT2D eigenvalue weighted by molar-refractivity contribution is 5.68. The molecule has 0 spiro atoms. The maximum atomic E-state index is 13.9. The Kier molecular flexibility index (Phi) is 3.52. The molecule has 3 rings (SSSR count). The standard InChI is InChI=1S/C16H12F3NO2/c17-12-5-4-10(14(18)15(12)19)9-2-1-8-3-6-13(11(8)7-9)22-16(20)21/h1-2,4-5,7,13H,3,6H2,(H2,20,21). The molecule has 0 saturated carbocycles. The van der Waals surface area contributed by atoms with Crippen LogP contribution in [0.4, 0.5) is 18.0 Å². The molecule has 1 aliphatic carbocycles. The van der Waals surface area contributed by atoms with Crippen molar-refractivity contribution in [3.05, 3.63) is 58.9 Å². The van der Waals surface area contributed by atoms with Crippen molar-refractivity contribution in [2.45, 2.75) is 18.9 Å². The average Bonchev–Trinajstić information content (AvgIpc) is 2.87. The number of halogens is 3. The van der Waals surface area contributed by atoms with Crippen LogP contribution in [-0.2, 0) is 11.2 Å². The lowest BCUT2D eigenvalue weighted by Gasteiger charge is -2.13. The zero-order valence-corrected chi connectivity index (χ0v) is 11.4. The summed E-state index contributed by atoms with van der Waals surface area (Å²) in [4.78, 5) is 10.9. The van der Waals surface area contributed by atoms with Gasteiger partial charge < -0.3 is 10.5 Å². The summed E-state index contributed by atoms with van der Waals surface area (Å²) in [6.45, 7) is 0. The summed E-state index contributed by atoms with van der Waals surface area (Å²) in [5.74, 6) is -3.99. The first-order chi connectivity index (χ1) is 10.5. The van der Waals surface area contributed by atoms with Crippen LogP contribution in [0.15, 0.2) is 30.3 Å². The van der Waals surface area contributed by atoms with Crippen molar-refractivity contribution >= 4 is 6.09 Å². The topological polar surface area (TPSA) is 52.3 Å². The number of hydrogen-bond donors (Lipinski definition) is 1. The largest absolute Gasteiger partial charge is 0.441 e. The number of rotatable bonds is 2. The van der Waals surface area contributed by atoms with Crippen molar-refractivity contribution in [1.82, 2.24) is 0 Å². The molecular weight excluding hydrogens is 295 g/mol. The van der Waals surface area contributed by atoms with Crippen molar-refractivity contribution in [2.24, 2.45) is 5.73 Å². The summed E-state index contributed by atoms with van der Waals surface area (Å²) in [7, 11) is 0. The summed E-state index contributed by atoms with van der Waals surface area (Å²) < 4.78 is 45.3. The first-order valence-electron chi connectivity index (χ1n) is 6.70. The normalized spacial score (nSPS) is 16.4. The first-order valence-corrected chi connectivity index (χ1v) is 6.70. The fraction of sp³-hybridized carbons (Fsp3) is 0.188. The molecule has 1 aliphatic rings. The van der Waals surface area contributed by atoms with Gasteiger partial charge in [0.25, 0.3) is 0 Å². The summed E-state index contributed by atoms with van der Waals surface area (Å²) in [5.41, 5.74) is 7.03. The van der Waals surface area contributed by atoms with Gasteiger partial charge in [0.05, 0.1) is 0 Å². The average molecular weight is 307 g/mol. The quantitative estimate of drug-likeness (QED) is 0.857. The van der Waals surface area contributed by atoms with Crippen molar-refractivity contribution < 1.29 is 22.7 Å². The Morgan fingerprint density at radius 1 is 1.14 bits per heavy atom. The molecule has 6 heteroatoms. The van der Waals surface area contributed by atoms with Crippen molar-refractivity contribution in [3.63, 3.8) is 0 Å². The number of carbonyl (C=O) groups excluding carboxylic acids is 1. The van der Waals surface area contributed by atoms with Gasteiger partial charge in [-0.15, -0.1) is 0 Å². The highest BCUT2D eigenvalue weighted by atomic mass is 19.2. The van der Waals surface area contributed by atoms with Gasteiger partial charge in [-0.2, -0.15) is 0 Å². The molecule has 3 nitrogen and oxygen atoms in total. The predicted octanol–water partition coefficient (Wildman–Crippen LogP) is 3.85. The van der Waals surface area contributed by atoms with Crippen LogP contribution >= 0.6 is 0 Å². The molecule has 0 heterocycles. The second-order valence-electron chi connectivity index (χ2n) is 5.10. The van der Waals surface area contributed by atoms with Crippen LogP contribution in [0.2, 0.25) is 0 Å². The third-order valence-corrected chi connectivity index (χ3v) is 3.77. The van der Waals surface area contributed by atoms with Crippen LogP contribution in [0.25, 0.3) is 11.1 Å². The fourth-order valence-corrected chi connectivity index (χ4v) is 2.74.